The van der Waals surface area contributed by atoms with Crippen molar-refractivity contribution in [2.45, 2.75) is 71.1 Å². The number of unbranched alkanes of at least 4 members (excludes halogenated alkanes) is 9. The van der Waals surface area contributed by atoms with Crippen LogP contribution in [0.25, 0.3) is 5.73 Å². The Morgan fingerprint density at radius 2 is 1.00 bits per heavy atom. The normalized spacial score (nSPS) is 9.86. The van der Waals surface area contributed by atoms with E-state index in [1.165, 1.54) is 57.8 Å². The van der Waals surface area contributed by atoms with Gasteiger partial charge in [0.15, 0.2) is 0 Å². The van der Waals surface area contributed by atoms with Crippen LogP contribution in [0.4, 0.5) is 0 Å². The first-order valence-electron chi connectivity index (χ1n) is 6.06. The van der Waals surface area contributed by atoms with Crippen LogP contribution in [0.5, 0.6) is 0 Å². The minimum absolute atomic E-state index is 0. The molecule has 0 bridgehead atoms. The van der Waals surface area contributed by atoms with Gasteiger partial charge >= 0.3 is 18.9 Å². The summed E-state index contributed by atoms with van der Waals surface area (Å²) in [6.07, 6.45) is 13.6. The summed E-state index contributed by atoms with van der Waals surface area (Å²) in [7, 11) is 0. The van der Waals surface area contributed by atoms with Crippen LogP contribution in [0.2, 0.25) is 0 Å². The maximum absolute atomic E-state index is 7.00. The van der Waals surface area contributed by atoms with Crippen LogP contribution < -0.4 is 18.9 Å². The average Bonchev–Trinajstić information content (AvgIpc) is 2.16. The molecule has 0 atom stereocenters. The zero-order chi connectivity index (χ0) is 9.78. The fraction of sp³-hybridized carbons (Fsp3) is 1.00. The maximum Gasteiger partial charge on any atom is 1.00 e. The van der Waals surface area contributed by atoms with Crippen molar-refractivity contribution in [3.63, 3.8) is 0 Å². The molecule has 1 N–H and O–H groups in total. The first kappa shape index (κ1) is 17.0. The van der Waals surface area contributed by atoms with Gasteiger partial charge in [0.05, 0.1) is 0 Å². The van der Waals surface area contributed by atoms with E-state index in [1.807, 2.05) is 0 Å². The van der Waals surface area contributed by atoms with Gasteiger partial charge in [0.2, 0.25) is 0 Å². The summed E-state index contributed by atoms with van der Waals surface area (Å²) in [4.78, 5) is 0. The summed E-state index contributed by atoms with van der Waals surface area (Å²) >= 11 is 0. The molecule has 0 saturated carbocycles. The van der Waals surface area contributed by atoms with E-state index >= 15 is 0 Å². The van der Waals surface area contributed by atoms with Crippen molar-refractivity contribution in [3.8, 4) is 0 Å². The molecule has 0 aliphatic carbocycles. The summed E-state index contributed by atoms with van der Waals surface area (Å²) in [6, 6.07) is 0. The molecule has 0 saturated heterocycles. The van der Waals surface area contributed by atoms with E-state index < -0.39 is 0 Å². The van der Waals surface area contributed by atoms with Gasteiger partial charge in [-0.25, -0.2) is 0 Å². The van der Waals surface area contributed by atoms with Crippen molar-refractivity contribution in [2.24, 2.45) is 0 Å². The third-order valence-electron chi connectivity index (χ3n) is 2.53. The van der Waals surface area contributed by atoms with E-state index in [-0.39, 0.29) is 18.9 Å². The molecule has 1 nitrogen and oxygen atoms in total. The van der Waals surface area contributed by atoms with Gasteiger partial charge in [0, 0.05) is 0 Å². The van der Waals surface area contributed by atoms with Gasteiger partial charge < -0.3 is 5.73 Å². The molecule has 0 spiro atoms. The number of nitrogens with one attached hydrogen (secondary N) is 1. The van der Waals surface area contributed by atoms with Crippen LogP contribution in [0.3, 0.4) is 0 Å². The SMILES string of the molecule is CCCCCCCCCCCC[NH-].[Li+]. The smallest absolute Gasteiger partial charge is 0.677 e. The largest absolute Gasteiger partial charge is 1.00 e. The Morgan fingerprint density at radius 1 is 0.643 bits per heavy atom. The van der Waals surface area contributed by atoms with Gasteiger partial charge in [-0.3, -0.25) is 0 Å². The van der Waals surface area contributed by atoms with Crippen molar-refractivity contribution < 1.29 is 18.9 Å². The van der Waals surface area contributed by atoms with E-state index in [0.29, 0.717) is 6.54 Å². The second-order valence-electron chi connectivity index (χ2n) is 3.93. The van der Waals surface area contributed by atoms with Gasteiger partial charge in [-0.2, -0.15) is 6.54 Å². The Labute approximate surface area is 102 Å². The van der Waals surface area contributed by atoms with Crippen molar-refractivity contribution in [3.05, 3.63) is 5.73 Å². The zero-order valence-corrected chi connectivity index (χ0v) is 10.3. The fourth-order valence-electron chi connectivity index (χ4n) is 1.61. The topological polar surface area (TPSA) is 23.8 Å². The summed E-state index contributed by atoms with van der Waals surface area (Å²) in [5, 5.41) is 0. The van der Waals surface area contributed by atoms with E-state index in [4.69, 9.17) is 5.73 Å². The van der Waals surface area contributed by atoms with Crippen LogP contribution in [0, 0.1) is 0 Å². The van der Waals surface area contributed by atoms with E-state index in [9.17, 15) is 0 Å². The van der Waals surface area contributed by atoms with E-state index in [2.05, 4.69) is 6.92 Å². The Balaban J connectivity index is 0. The van der Waals surface area contributed by atoms with Gasteiger partial charge in [-0.15, -0.1) is 0 Å². The Morgan fingerprint density at radius 3 is 1.36 bits per heavy atom. The third-order valence-corrected chi connectivity index (χ3v) is 2.53. The Hall–Kier alpha value is 0.557. The fourth-order valence-corrected chi connectivity index (χ4v) is 1.61. The van der Waals surface area contributed by atoms with E-state index in [0.717, 1.165) is 6.42 Å². The summed E-state index contributed by atoms with van der Waals surface area (Å²) in [5.74, 6) is 0. The average molecular weight is 191 g/mol. The van der Waals surface area contributed by atoms with Crippen molar-refractivity contribution in [2.75, 3.05) is 6.54 Å². The molecule has 80 valence electrons. The molecule has 0 amide bonds. The van der Waals surface area contributed by atoms with Crippen molar-refractivity contribution in [1.29, 1.82) is 0 Å². The van der Waals surface area contributed by atoms with Crippen molar-refractivity contribution >= 4 is 0 Å². The maximum atomic E-state index is 7.00. The molecule has 0 aromatic heterocycles. The number of hydrogen-bond donors (Lipinski definition) is 0. The van der Waals surface area contributed by atoms with Crippen LogP contribution >= 0.6 is 0 Å². The molecule has 2 heteroatoms. The predicted molar refractivity (Wildman–Crippen MR) is 61.0 cm³/mol. The minimum atomic E-state index is 0. The molecule has 0 unspecified atom stereocenters. The summed E-state index contributed by atoms with van der Waals surface area (Å²) in [6.45, 7) is 2.89. The Bertz CT molecular complexity index is 76.4. The first-order chi connectivity index (χ1) is 6.41. The number of rotatable bonds is 10. The molecule has 0 radical (unpaired) electrons. The van der Waals surface area contributed by atoms with Crippen LogP contribution in [-0.2, 0) is 0 Å². The molecule has 0 aliphatic heterocycles. The molecule has 0 aromatic rings. The molecular formula is C12H26LiN. The number of hydrogen-bond acceptors (Lipinski definition) is 0. The second kappa shape index (κ2) is 16.0. The van der Waals surface area contributed by atoms with Gasteiger partial charge in [-0.1, -0.05) is 71.1 Å². The van der Waals surface area contributed by atoms with Crippen molar-refractivity contribution in [1.82, 2.24) is 0 Å². The second-order valence-corrected chi connectivity index (χ2v) is 3.93. The molecule has 0 aromatic carbocycles. The molecule has 0 rings (SSSR count). The summed E-state index contributed by atoms with van der Waals surface area (Å²) < 4.78 is 0. The molecule has 0 aliphatic rings. The van der Waals surface area contributed by atoms with Crippen LogP contribution in [0.15, 0.2) is 0 Å². The van der Waals surface area contributed by atoms with Crippen LogP contribution in [-0.4, -0.2) is 6.54 Å². The summed E-state index contributed by atoms with van der Waals surface area (Å²) in [5.41, 5.74) is 7.00. The Kier molecular flexibility index (Phi) is 19.4. The van der Waals surface area contributed by atoms with Gasteiger partial charge in [-0.05, 0) is 0 Å². The van der Waals surface area contributed by atoms with Gasteiger partial charge in [0.1, 0.15) is 0 Å². The molecular weight excluding hydrogens is 165 g/mol. The quantitative estimate of drug-likeness (QED) is 0.372. The minimum Gasteiger partial charge on any atom is -0.677 e. The predicted octanol–water partition coefficient (Wildman–Crippen LogP) is 1.96. The first-order valence-corrected chi connectivity index (χ1v) is 6.06. The standard InChI is InChI=1S/C12H26N.Li/c1-2-3-4-5-6-7-8-9-10-11-12-13;/h13H,2-12H2,1H3;/q-1;+1. The molecule has 14 heavy (non-hydrogen) atoms. The zero-order valence-electron chi connectivity index (χ0n) is 10.3. The van der Waals surface area contributed by atoms with E-state index in [1.54, 1.807) is 0 Å². The molecule has 0 heterocycles. The molecule has 0 fully saturated rings. The third kappa shape index (κ3) is 15.0. The van der Waals surface area contributed by atoms with Crippen LogP contribution in [0.1, 0.15) is 71.1 Å². The monoisotopic (exact) mass is 191 g/mol. The van der Waals surface area contributed by atoms with Gasteiger partial charge in [0.25, 0.3) is 0 Å².